The van der Waals surface area contributed by atoms with Gasteiger partial charge in [-0.25, -0.2) is 17.1 Å². The molecular weight excluding hydrogens is 411 g/mol. The molecule has 162 valence electrons. The van der Waals surface area contributed by atoms with Gasteiger partial charge in [0.05, 0.1) is 17.6 Å². The number of halogens is 1. The number of pyridine rings is 1. The van der Waals surface area contributed by atoms with E-state index in [1.165, 1.54) is 46.4 Å². The molecule has 3 N–H and O–H groups in total. The summed E-state index contributed by atoms with van der Waals surface area (Å²) in [5, 5.41) is 2.58. The summed E-state index contributed by atoms with van der Waals surface area (Å²) in [6, 6.07) is 8.36. The van der Waals surface area contributed by atoms with Crippen molar-refractivity contribution in [2.24, 2.45) is 17.6 Å². The zero-order valence-electron chi connectivity index (χ0n) is 16.8. The van der Waals surface area contributed by atoms with Crippen LogP contribution in [0.3, 0.4) is 0 Å². The molecule has 1 aromatic carbocycles. The van der Waals surface area contributed by atoms with E-state index in [0.29, 0.717) is 18.5 Å². The number of aromatic nitrogens is 1. The normalized spacial score (nSPS) is 21.7. The maximum absolute atomic E-state index is 14.6. The van der Waals surface area contributed by atoms with E-state index in [9.17, 15) is 22.4 Å². The first-order valence-corrected chi connectivity index (χ1v) is 11.4. The van der Waals surface area contributed by atoms with Gasteiger partial charge in [-0.05, 0) is 43.5 Å². The predicted octanol–water partition coefficient (Wildman–Crippen LogP) is 1.16. The second kappa shape index (κ2) is 8.66. The minimum Gasteiger partial charge on any atom is -0.330 e. The second-order valence-corrected chi connectivity index (χ2v) is 9.61. The first-order chi connectivity index (χ1) is 14.1. The van der Waals surface area contributed by atoms with E-state index in [2.05, 4.69) is 5.32 Å². The summed E-state index contributed by atoms with van der Waals surface area (Å²) in [6.07, 6.45) is 3.38. The van der Waals surface area contributed by atoms with Crippen molar-refractivity contribution in [3.8, 4) is 5.69 Å². The highest BCUT2D eigenvalue weighted by Gasteiger charge is 2.41. The summed E-state index contributed by atoms with van der Waals surface area (Å²) < 4.78 is 40.9. The minimum atomic E-state index is -3.42. The molecular formula is C20H25FN4O4S. The second-order valence-electron chi connectivity index (χ2n) is 7.57. The Labute approximate surface area is 174 Å². The number of hydrogen-bond acceptors (Lipinski definition) is 5. The van der Waals surface area contributed by atoms with Crippen LogP contribution in [0.15, 0.2) is 47.4 Å². The van der Waals surface area contributed by atoms with E-state index in [4.69, 9.17) is 5.73 Å². The van der Waals surface area contributed by atoms with Crippen LogP contribution < -0.4 is 16.6 Å². The number of hydrogen-bond donors (Lipinski definition) is 2. The number of nitrogens with one attached hydrogen (secondary N) is 1. The maximum Gasteiger partial charge on any atom is 0.255 e. The lowest BCUT2D eigenvalue weighted by Crippen LogP contribution is -2.41. The van der Waals surface area contributed by atoms with Gasteiger partial charge in [-0.2, -0.15) is 0 Å². The molecule has 1 heterocycles. The SMILES string of the molecule is CN(C1CC(C(=O)Nc2ccc(-n3ccccc3=O)cc2F)CC1CN)S(C)(=O)=O. The molecule has 0 radical (unpaired) electrons. The molecule has 0 aliphatic heterocycles. The van der Waals surface area contributed by atoms with Gasteiger partial charge in [0.15, 0.2) is 0 Å². The van der Waals surface area contributed by atoms with Crippen LogP contribution in [0.4, 0.5) is 10.1 Å². The highest BCUT2D eigenvalue weighted by molar-refractivity contribution is 7.88. The highest BCUT2D eigenvalue weighted by Crippen LogP contribution is 2.35. The number of nitrogens with zero attached hydrogens (tertiary/aromatic N) is 2. The lowest BCUT2D eigenvalue weighted by atomic mass is 10.0. The van der Waals surface area contributed by atoms with Gasteiger partial charge < -0.3 is 11.1 Å². The molecule has 1 saturated carbocycles. The third-order valence-electron chi connectivity index (χ3n) is 5.63. The van der Waals surface area contributed by atoms with Crippen LogP contribution in [0.25, 0.3) is 5.69 Å². The van der Waals surface area contributed by atoms with Crippen molar-refractivity contribution in [2.75, 3.05) is 25.2 Å². The molecule has 0 spiro atoms. The summed E-state index contributed by atoms with van der Waals surface area (Å²) in [5.74, 6) is -1.70. The van der Waals surface area contributed by atoms with Crippen LogP contribution in [0.5, 0.6) is 0 Å². The van der Waals surface area contributed by atoms with Gasteiger partial charge in [0.25, 0.3) is 5.56 Å². The summed E-state index contributed by atoms with van der Waals surface area (Å²) >= 11 is 0. The van der Waals surface area contributed by atoms with Crippen molar-refractivity contribution in [1.82, 2.24) is 8.87 Å². The Morgan fingerprint density at radius 2 is 2.03 bits per heavy atom. The fourth-order valence-corrected chi connectivity index (χ4v) is 4.64. The van der Waals surface area contributed by atoms with Gasteiger partial charge in [0.1, 0.15) is 5.82 Å². The lowest BCUT2D eigenvalue weighted by Gasteiger charge is -2.26. The maximum atomic E-state index is 14.6. The number of carbonyl (C=O) groups excluding carboxylic acids is 1. The van der Waals surface area contributed by atoms with Gasteiger partial charge in [0.2, 0.25) is 15.9 Å². The fourth-order valence-electron chi connectivity index (χ4n) is 3.89. The summed E-state index contributed by atoms with van der Waals surface area (Å²) in [7, 11) is -1.94. The molecule has 0 bridgehead atoms. The first kappa shape index (κ1) is 22.1. The number of amides is 1. The van der Waals surface area contributed by atoms with E-state index in [-0.39, 0.29) is 35.7 Å². The molecule has 8 nitrogen and oxygen atoms in total. The molecule has 1 aliphatic carbocycles. The molecule has 3 unspecified atom stereocenters. The zero-order chi connectivity index (χ0) is 22.1. The molecule has 3 atom stereocenters. The van der Waals surface area contributed by atoms with Crippen molar-refractivity contribution in [2.45, 2.75) is 18.9 Å². The van der Waals surface area contributed by atoms with E-state index in [1.807, 2.05) is 0 Å². The Morgan fingerprint density at radius 3 is 2.63 bits per heavy atom. The third-order valence-corrected chi connectivity index (χ3v) is 6.95. The van der Waals surface area contributed by atoms with Gasteiger partial charge >= 0.3 is 0 Å². The molecule has 0 saturated heterocycles. The van der Waals surface area contributed by atoms with Crippen molar-refractivity contribution in [3.05, 3.63) is 58.8 Å². The zero-order valence-corrected chi connectivity index (χ0v) is 17.6. The monoisotopic (exact) mass is 436 g/mol. The van der Waals surface area contributed by atoms with Gasteiger partial charge in [-0.1, -0.05) is 6.07 Å². The fraction of sp³-hybridized carbons (Fsp3) is 0.400. The topological polar surface area (TPSA) is 114 Å². The van der Waals surface area contributed by atoms with Crippen molar-refractivity contribution in [3.63, 3.8) is 0 Å². The third kappa shape index (κ3) is 4.61. The molecule has 10 heteroatoms. The van der Waals surface area contributed by atoms with Crippen LogP contribution >= 0.6 is 0 Å². The Bertz CT molecular complexity index is 1100. The van der Waals surface area contributed by atoms with Crippen LogP contribution in [-0.4, -0.2) is 49.1 Å². The number of nitrogens with two attached hydrogens (primary N) is 1. The summed E-state index contributed by atoms with van der Waals surface area (Å²) in [6.45, 7) is 0.253. The average molecular weight is 437 g/mol. The number of carbonyl (C=O) groups is 1. The van der Waals surface area contributed by atoms with E-state index < -0.39 is 21.8 Å². The van der Waals surface area contributed by atoms with Crippen LogP contribution in [-0.2, 0) is 14.8 Å². The quantitative estimate of drug-likeness (QED) is 0.705. The Morgan fingerprint density at radius 1 is 1.30 bits per heavy atom. The molecule has 30 heavy (non-hydrogen) atoms. The minimum absolute atomic E-state index is 0.00283. The van der Waals surface area contributed by atoms with Crippen molar-refractivity contribution in [1.29, 1.82) is 0 Å². The van der Waals surface area contributed by atoms with Crippen LogP contribution in [0.2, 0.25) is 0 Å². The number of rotatable bonds is 6. The summed E-state index contributed by atoms with van der Waals surface area (Å²) in [4.78, 5) is 24.6. The smallest absolute Gasteiger partial charge is 0.255 e. The van der Waals surface area contributed by atoms with Gasteiger partial charge in [-0.15, -0.1) is 0 Å². The molecule has 1 aromatic heterocycles. The van der Waals surface area contributed by atoms with Gasteiger partial charge in [0, 0.05) is 37.3 Å². The van der Waals surface area contributed by atoms with Crippen LogP contribution in [0.1, 0.15) is 12.8 Å². The largest absolute Gasteiger partial charge is 0.330 e. The Hall–Kier alpha value is -2.56. The average Bonchev–Trinajstić information content (AvgIpc) is 3.13. The van der Waals surface area contributed by atoms with Gasteiger partial charge in [-0.3, -0.25) is 14.2 Å². The number of anilines is 1. The van der Waals surface area contributed by atoms with E-state index >= 15 is 0 Å². The number of benzene rings is 1. The van der Waals surface area contributed by atoms with Crippen LogP contribution in [0, 0.1) is 17.7 Å². The molecule has 2 aromatic rings. The standard InChI is InChI=1S/C20H25FN4O4S/c1-24(30(2,28)29)18-10-13(9-14(18)12-22)20(27)23-17-7-6-15(11-16(17)21)25-8-4-3-5-19(25)26/h3-8,11,13-14,18H,9-10,12,22H2,1-2H3,(H,23,27). The Kier molecular flexibility index (Phi) is 6.39. The molecule has 3 rings (SSSR count). The summed E-state index contributed by atoms with van der Waals surface area (Å²) in [5.41, 5.74) is 5.83. The molecule has 1 aliphatic rings. The van der Waals surface area contributed by atoms with E-state index in [1.54, 1.807) is 12.1 Å². The lowest BCUT2D eigenvalue weighted by molar-refractivity contribution is -0.119. The predicted molar refractivity (Wildman–Crippen MR) is 112 cm³/mol. The molecule has 1 fully saturated rings. The highest BCUT2D eigenvalue weighted by atomic mass is 32.2. The van der Waals surface area contributed by atoms with E-state index in [0.717, 1.165) is 6.26 Å². The van der Waals surface area contributed by atoms with Crippen molar-refractivity contribution < 1.29 is 17.6 Å². The Balaban J connectivity index is 1.75. The number of sulfonamides is 1. The molecule has 1 amide bonds. The van der Waals surface area contributed by atoms with Crippen molar-refractivity contribution >= 4 is 21.6 Å². The first-order valence-electron chi connectivity index (χ1n) is 9.53.